The van der Waals surface area contributed by atoms with E-state index in [9.17, 15) is 9.59 Å². The summed E-state index contributed by atoms with van der Waals surface area (Å²) in [5, 5.41) is 0. The average Bonchev–Trinajstić information content (AvgIpc) is 2.64. The largest absolute Gasteiger partial charge is 0.350 e. The highest BCUT2D eigenvalue weighted by Gasteiger charge is 2.31. The van der Waals surface area contributed by atoms with E-state index in [1.807, 2.05) is 23.1 Å². The minimum atomic E-state index is -0.360. The summed E-state index contributed by atoms with van der Waals surface area (Å²) in [6.07, 6.45) is 6.57. The van der Waals surface area contributed by atoms with Crippen molar-refractivity contribution in [3.05, 3.63) is 34.9 Å². The highest BCUT2D eigenvalue weighted by Crippen LogP contribution is 2.30. The lowest BCUT2D eigenvalue weighted by atomic mass is 9.83. The summed E-state index contributed by atoms with van der Waals surface area (Å²) in [4.78, 5) is 32.2. The Hall–Kier alpha value is -1.92. The highest BCUT2D eigenvalue weighted by atomic mass is 16.8. The number of rotatable bonds is 4. The van der Waals surface area contributed by atoms with Crippen LogP contribution in [0, 0.1) is 5.92 Å². The van der Waals surface area contributed by atoms with Gasteiger partial charge in [-0.15, -0.1) is 0 Å². The van der Waals surface area contributed by atoms with E-state index >= 15 is 0 Å². The predicted molar refractivity (Wildman–Crippen MR) is 95.0 cm³/mol. The van der Waals surface area contributed by atoms with Crippen LogP contribution in [-0.4, -0.2) is 36.2 Å². The van der Waals surface area contributed by atoms with Crippen LogP contribution in [0.25, 0.3) is 0 Å². The molecule has 1 saturated heterocycles. The molecule has 140 valence electrons. The Kier molecular flexibility index (Phi) is 5.22. The molecule has 2 amide bonds. The zero-order valence-electron chi connectivity index (χ0n) is 15.0. The van der Waals surface area contributed by atoms with Crippen LogP contribution in [-0.2, 0) is 27.3 Å². The molecular formula is C20H26N2O4. The summed E-state index contributed by atoms with van der Waals surface area (Å²) in [5.41, 5.74) is 5.33. The second-order valence-electron chi connectivity index (χ2n) is 7.47. The normalized spacial score (nSPS) is 23.1. The number of hydroxylamine groups is 1. The van der Waals surface area contributed by atoms with Crippen LogP contribution >= 0.6 is 0 Å². The summed E-state index contributed by atoms with van der Waals surface area (Å²) < 4.78 is 5.45. The highest BCUT2D eigenvalue weighted by molar-refractivity contribution is 5.93. The van der Waals surface area contributed by atoms with Gasteiger partial charge in [-0.2, -0.15) is 0 Å². The van der Waals surface area contributed by atoms with Gasteiger partial charge >= 0.3 is 0 Å². The van der Waals surface area contributed by atoms with E-state index in [1.165, 1.54) is 5.56 Å². The Morgan fingerprint density at radius 3 is 2.73 bits per heavy atom. The third-order valence-corrected chi connectivity index (χ3v) is 5.67. The summed E-state index contributed by atoms with van der Waals surface area (Å²) >= 11 is 0. The fourth-order valence-corrected chi connectivity index (χ4v) is 3.78. The zero-order chi connectivity index (χ0) is 17.9. The third-order valence-electron chi connectivity index (χ3n) is 5.67. The number of amides is 2. The molecule has 6 nitrogen and oxygen atoms in total. The summed E-state index contributed by atoms with van der Waals surface area (Å²) in [6, 6.07) is 5.70. The van der Waals surface area contributed by atoms with Crippen molar-refractivity contribution in [1.82, 2.24) is 10.4 Å². The Morgan fingerprint density at radius 1 is 1.12 bits per heavy atom. The SMILES string of the molecule is O=C(NOC1CCCCO1)c1ccc2c(c1)CN(C(=O)C1CCC1)CC2. The number of hydrogen-bond donors (Lipinski definition) is 1. The molecular weight excluding hydrogens is 332 g/mol. The van der Waals surface area contributed by atoms with E-state index < -0.39 is 0 Å². The first kappa shape index (κ1) is 17.5. The van der Waals surface area contributed by atoms with Crippen LogP contribution in [0.3, 0.4) is 0 Å². The van der Waals surface area contributed by atoms with E-state index in [0.717, 1.165) is 57.1 Å². The van der Waals surface area contributed by atoms with Gasteiger partial charge in [0.15, 0.2) is 6.29 Å². The molecule has 2 fully saturated rings. The minimum absolute atomic E-state index is 0.215. The molecule has 1 aromatic rings. The van der Waals surface area contributed by atoms with Crippen molar-refractivity contribution >= 4 is 11.8 Å². The van der Waals surface area contributed by atoms with Crippen molar-refractivity contribution in [2.24, 2.45) is 5.92 Å². The molecule has 4 rings (SSSR count). The number of hydrogen-bond acceptors (Lipinski definition) is 4. The Morgan fingerprint density at radius 2 is 2.00 bits per heavy atom. The first-order valence-electron chi connectivity index (χ1n) is 9.69. The second-order valence-corrected chi connectivity index (χ2v) is 7.47. The summed E-state index contributed by atoms with van der Waals surface area (Å²) in [7, 11) is 0. The molecule has 6 heteroatoms. The third kappa shape index (κ3) is 3.76. The molecule has 1 saturated carbocycles. The molecule has 1 N–H and O–H groups in total. The van der Waals surface area contributed by atoms with E-state index in [4.69, 9.17) is 9.57 Å². The molecule has 2 aliphatic heterocycles. The molecule has 2 heterocycles. The van der Waals surface area contributed by atoms with E-state index in [1.54, 1.807) is 0 Å². The molecule has 0 aromatic heterocycles. The van der Waals surface area contributed by atoms with Gasteiger partial charge in [0, 0.05) is 37.6 Å². The van der Waals surface area contributed by atoms with Crippen molar-refractivity contribution in [3.8, 4) is 0 Å². The van der Waals surface area contributed by atoms with Crippen molar-refractivity contribution in [2.45, 2.75) is 57.8 Å². The Labute approximate surface area is 153 Å². The predicted octanol–water partition coefficient (Wildman–Crippen LogP) is 2.56. The monoisotopic (exact) mass is 358 g/mol. The van der Waals surface area contributed by atoms with Gasteiger partial charge in [-0.05, 0) is 55.4 Å². The molecule has 3 aliphatic rings. The van der Waals surface area contributed by atoms with Crippen LogP contribution < -0.4 is 5.48 Å². The number of benzene rings is 1. The maximum Gasteiger partial charge on any atom is 0.274 e. The van der Waals surface area contributed by atoms with E-state index in [-0.39, 0.29) is 24.0 Å². The number of ether oxygens (including phenoxy) is 1. The van der Waals surface area contributed by atoms with Gasteiger partial charge in [0.25, 0.3) is 5.91 Å². The maximum atomic E-state index is 12.5. The number of nitrogens with zero attached hydrogens (tertiary/aromatic N) is 1. The van der Waals surface area contributed by atoms with Crippen LogP contribution in [0.5, 0.6) is 0 Å². The van der Waals surface area contributed by atoms with Crippen molar-refractivity contribution in [2.75, 3.05) is 13.2 Å². The lowest BCUT2D eigenvalue weighted by molar-refractivity contribution is -0.186. The van der Waals surface area contributed by atoms with Gasteiger partial charge in [0.2, 0.25) is 5.91 Å². The molecule has 1 unspecified atom stereocenters. The van der Waals surface area contributed by atoms with Crippen molar-refractivity contribution < 1.29 is 19.2 Å². The maximum absolute atomic E-state index is 12.5. The minimum Gasteiger partial charge on any atom is -0.350 e. The lowest BCUT2D eigenvalue weighted by Crippen LogP contribution is -2.41. The molecule has 0 bridgehead atoms. The van der Waals surface area contributed by atoms with Crippen LogP contribution in [0.15, 0.2) is 18.2 Å². The second kappa shape index (κ2) is 7.76. The molecule has 1 aliphatic carbocycles. The summed E-state index contributed by atoms with van der Waals surface area (Å²) in [5.74, 6) is 0.214. The average molecular weight is 358 g/mol. The molecule has 1 atom stereocenters. The first-order chi connectivity index (χ1) is 12.7. The fourth-order valence-electron chi connectivity index (χ4n) is 3.78. The Balaban J connectivity index is 1.38. The number of carbonyl (C=O) groups is 2. The van der Waals surface area contributed by atoms with Crippen LogP contribution in [0.4, 0.5) is 0 Å². The lowest BCUT2D eigenvalue weighted by Gasteiger charge is -2.35. The van der Waals surface area contributed by atoms with Gasteiger partial charge in [-0.1, -0.05) is 12.5 Å². The van der Waals surface area contributed by atoms with E-state index in [2.05, 4.69) is 5.48 Å². The number of carbonyl (C=O) groups excluding carboxylic acids is 2. The fraction of sp³-hybridized carbons (Fsp3) is 0.600. The Bertz CT molecular complexity index is 680. The topological polar surface area (TPSA) is 67.9 Å². The van der Waals surface area contributed by atoms with Gasteiger partial charge in [0.1, 0.15) is 0 Å². The van der Waals surface area contributed by atoms with Crippen LogP contribution in [0.2, 0.25) is 0 Å². The van der Waals surface area contributed by atoms with Crippen LogP contribution in [0.1, 0.15) is 60.0 Å². The molecule has 0 spiro atoms. The van der Waals surface area contributed by atoms with Gasteiger partial charge < -0.3 is 9.64 Å². The van der Waals surface area contributed by atoms with Gasteiger partial charge in [-0.25, -0.2) is 10.3 Å². The molecule has 1 aromatic carbocycles. The molecule has 26 heavy (non-hydrogen) atoms. The quantitative estimate of drug-likeness (QED) is 0.840. The number of nitrogens with one attached hydrogen (secondary N) is 1. The number of fused-ring (bicyclic) bond motifs is 1. The zero-order valence-corrected chi connectivity index (χ0v) is 15.0. The van der Waals surface area contributed by atoms with Crippen molar-refractivity contribution in [3.63, 3.8) is 0 Å². The van der Waals surface area contributed by atoms with Crippen molar-refractivity contribution in [1.29, 1.82) is 0 Å². The smallest absolute Gasteiger partial charge is 0.274 e. The van der Waals surface area contributed by atoms with Gasteiger partial charge in [-0.3, -0.25) is 9.59 Å². The summed E-state index contributed by atoms with van der Waals surface area (Å²) in [6.45, 7) is 2.04. The van der Waals surface area contributed by atoms with Gasteiger partial charge in [0.05, 0.1) is 0 Å². The van der Waals surface area contributed by atoms with E-state index in [0.29, 0.717) is 18.7 Å². The standard InChI is InChI=1S/C20H26N2O4/c23-19(21-26-18-6-1-2-11-25-18)16-8-7-14-9-10-22(13-17(14)12-16)20(24)15-4-3-5-15/h7-8,12,15,18H,1-6,9-11,13H2,(H,21,23). The molecule has 0 radical (unpaired) electrons. The first-order valence-corrected chi connectivity index (χ1v) is 9.69.